The second-order valence-electron chi connectivity index (χ2n) is 4.96. The lowest BCUT2D eigenvalue weighted by molar-refractivity contribution is 0.292. The fourth-order valence-corrected chi connectivity index (χ4v) is 2.02. The van der Waals surface area contributed by atoms with Crippen molar-refractivity contribution in [1.82, 2.24) is 4.90 Å². The third kappa shape index (κ3) is 4.67. The molecule has 0 aliphatic carbocycles. The van der Waals surface area contributed by atoms with Gasteiger partial charge in [-0.15, -0.1) is 0 Å². The Morgan fingerprint density at radius 2 is 1.94 bits per heavy atom. The van der Waals surface area contributed by atoms with Gasteiger partial charge in [0.1, 0.15) is 0 Å². The minimum Gasteiger partial charge on any atom is -0.399 e. The maximum atomic E-state index is 5.90. The topological polar surface area (TPSA) is 29.3 Å². The van der Waals surface area contributed by atoms with E-state index < -0.39 is 0 Å². The number of anilines is 1. The second kappa shape index (κ2) is 6.54. The van der Waals surface area contributed by atoms with Gasteiger partial charge in [-0.1, -0.05) is 32.0 Å². The molecule has 0 saturated carbocycles. The Hall–Kier alpha value is -1.02. The van der Waals surface area contributed by atoms with Crippen LogP contribution >= 0.6 is 0 Å². The highest BCUT2D eigenvalue weighted by atomic mass is 15.1. The van der Waals surface area contributed by atoms with Crippen LogP contribution in [0.3, 0.4) is 0 Å². The van der Waals surface area contributed by atoms with Crippen LogP contribution in [0, 0.1) is 5.92 Å². The normalized spacial score (nSPS) is 11.3. The molecule has 2 nitrogen and oxygen atoms in total. The quantitative estimate of drug-likeness (QED) is 0.747. The van der Waals surface area contributed by atoms with Crippen molar-refractivity contribution in [3.8, 4) is 0 Å². The monoisotopic (exact) mass is 220 g/mol. The fourth-order valence-electron chi connectivity index (χ4n) is 2.02. The first-order chi connectivity index (χ1) is 7.59. The van der Waals surface area contributed by atoms with Crippen molar-refractivity contribution in [2.24, 2.45) is 5.92 Å². The van der Waals surface area contributed by atoms with Crippen LogP contribution in [-0.4, -0.2) is 25.0 Å². The minimum atomic E-state index is 0.742. The van der Waals surface area contributed by atoms with E-state index in [0.29, 0.717) is 0 Å². The molecule has 0 bridgehead atoms. The van der Waals surface area contributed by atoms with E-state index in [2.05, 4.69) is 37.9 Å². The third-order valence-corrected chi connectivity index (χ3v) is 2.72. The van der Waals surface area contributed by atoms with E-state index in [4.69, 9.17) is 5.73 Å². The molecule has 0 unspecified atom stereocenters. The molecule has 0 amide bonds. The summed E-state index contributed by atoms with van der Waals surface area (Å²) in [6.07, 6.45) is 2.26. The predicted octanol–water partition coefficient (Wildman–Crippen LogP) is 2.79. The molecule has 0 aromatic heterocycles. The van der Waals surface area contributed by atoms with E-state index in [1.54, 1.807) is 0 Å². The van der Waals surface area contributed by atoms with Crippen molar-refractivity contribution in [3.05, 3.63) is 29.8 Å². The summed E-state index contributed by atoms with van der Waals surface area (Å²) in [4.78, 5) is 2.39. The number of rotatable bonds is 6. The molecule has 0 fully saturated rings. The Bertz CT molecular complexity index is 307. The molecule has 16 heavy (non-hydrogen) atoms. The Balaban J connectivity index is 2.28. The molecular weight excluding hydrogens is 196 g/mol. The lowest BCUT2D eigenvalue weighted by Gasteiger charge is -2.18. The standard InChI is InChI=1S/C14H24N2/c1-12(2)11-16(3)10-6-8-13-7-4-5-9-14(13)15/h4-5,7,9,12H,6,8,10-11,15H2,1-3H3. The maximum absolute atomic E-state index is 5.90. The first-order valence-corrected chi connectivity index (χ1v) is 6.11. The van der Waals surface area contributed by atoms with Crippen LogP contribution in [-0.2, 0) is 6.42 Å². The molecule has 2 N–H and O–H groups in total. The lowest BCUT2D eigenvalue weighted by Crippen LogP contribution is -2.24. The number of benzene rings is 1. The summed E-state index contributed by atoms with van der Waals surface area (Å²) >= 11 is 0. The molecule has 90 valence electrons. The van der Waals surface area contributed by atoms with E-state index in [9.17, 15) is 0 Å². The zero-order valence-electron chi connectivity index (χ0n) is 10.7. The number of nitrogen functional groups attached to an aromatic ring is 1. The van der Waals surface area contributed by atoms with Gasteiger partial charge in [0.15, 0.2) is 0 Å². The van der Waals surface area contributed by atoms with Gasteiger partial charge in [-0.25, -0.2) is 0 Å². The Kier molecular flexibility index (Phi) is 5.33. The van der Waals surface area contributed by atoms with E-state index in [-0.39, 0.29) is 0 Å². The summed E-state index contributed by atoms with van der Waals surface area (Å²) in [5.41, 5.74) is 8.11. The number of hydrogen-bond acceptors (Lipinski definition) is 2. The van der Waals surface area contributed by atoms with E-state index >= 15 is 0 Å². The largest absolute Gasteiger partial charge is 0.399 e. The maximum Gasteiger partial charge on any atom is 0.0346 e. The van der Waals surface area contributed by atoms with Crippen molar-refractivity contribution in [2.45, 2.75) is 26.7 Å². The smallest absolute Gasteiger partial charge is 0.0346 e. The van der Waals surface area contributed by atoms with Crippen LogP contribution in [0.5, 0.6) is 0 Å². The summed E-state index contributed by atoms with van der Waals surface area (Å²) < 4.78 is 0. The van der Waals surface area contributed by atoms with E-state index in [0.717, 1.165) is 24.6 Å². The summed E-state index contributed by atoms with van der Waals surface area (Å²) in [6, 6.07) is 8.15. The number of nitrogens with two attached hydrogens (primary N) is 1. The molecule has 1 rings (SSSR count). The molecule has 0 spiro atoms. The molecule has 2 heteroatoms. The Labute approximate surface area is 99.5 Å². The second-order valence-corrected chi connectivity index (χ2v) is 4.96. The summed E-state index contributed by atoms with van der Waals surface area (Å²) in [5, 5.41) is 0. The van der Waals surface area contributed by atoms with Gasteiger partial charge in [0.25, 0.3) is 0 Å². The van der Waals surface area contributed by atoms with Crippen LogP contribution in [0.25, 0.3) is 0 Å². The lowest BCUT2D eigenvalue weighted by atomic mass is 10.1. The van der Waals surface area contributed by atoms with Gasteiger partial charge in [0, 0.05) is 12.2 Å². The molecule has 0 atom stereocenters. The van der Waals surface area contributed by atoms with Crippen molar-refractivity contribution in [3.63, 3.8) is 0 Å². The molecule has 1 aromatic rings. The molecule has 0 aliphatic heterocycles. The molecule has 0 saturated heterocycles. The number of para-hydroxylation sites is 1. The highest BCUT2D eigenvalue weighted by Gasteiger charge is 2.02. The fraction of sp³-hybridized carbons (Fsp3) is 0.571. The first kappa shape index (κ1) is 13.0. The van der Waals surface area contributed by atoms with Gasteiger partial charge >= 0.3 is 0 Å². The third-order valence-electron chi connectivity index (χ3n) is 2.72. The summed E-state index contributed by atoms with van der Waals surface area (Å²) in [6.45, 7) is 6.83. The van der Waals surface area contributed by atoms with Crippen LogP contribution in [0.2, 0.25) is 0 Å². The minimum absolute atomic E-state index is 0.742. The average molecular weight is 220 g/mol. The zero-order valence-corrected chi connectivity index (χ0v) is 10.7. The highest BCUT2D eigenvalue weighted by Crippen LogP contribution is 2.12. The van der Waals surface area contributed by atoms with Gasteiger partial charge in [-0.05, 0) is 44.0 Å². The van der Waals surface area contributed by atoms with E-state index in [1.165, 1.54) is 18.5 Å². The van der Waals surface area contributed by atoms with Gasteiger partial charge in [0.05, 0.1) is 0 Å². The molecule has 0 aliphatic rings. The molecule has 0 heterocycles. The summed E-state index contributed by atoms with van der Waals surface area (Å²) in [7, 11) is 2.19. The van der Waals surface area contributed by atoms with Gasteiger partial charge < -0.3 is 10.6 Å². The summed E-state index contributed by atoms with van der Waals surface area (Å²) in [5.74, 6) is 0.742. The first-order valence-electron chi connectivity index (χ1n) is 6.11. The number of nitrogens with zero attached hydrogens (tertiary/aromatic N) is 1. The number of hydrogen-bond donors (Lipinski definition) is 1. The van der Waals surface area contributed by atoms with Gasteiger partial charge in [-0.3, -0.25) is 0 Å². The van der Waals surface area contributed by atoms with Gasteiger partial charge in [-0.2, -0.15) is 0 Å². The zero-order chi connectivity index (χ0) is 12.0. The van der Waals surface area contributed by atoms with Crippen molar-refractivity contribution < 1.29 is 0 Å². The van der Waals surface area contributed by atoms with Crippen molar-refractivity contribution in [2.75, 3.05) is 25.9 Å². The Morgan fingerprint density at radius 3 is 2.56 bits per heavy atom. The Morgan fingerprint density at radius 1 is 1.25 bits per heavy atom. The SMILES string of the molecule is CC(C)CN(C)CCCc1ccccc1N. The van der Waals surface area contributed by atoms with E-state index in [1.807, 2.05) is 12.1 Å². The average Bonchev–Trinajstić information content (AvgIpc) is 2.19. The van der Waals surface area contributed by atoms with Crippen LogP contribution in [0.4, 0.5) is 5.69 Å². The van der Waals surface area contributed by atoms with Crippen molar-refractivity contribution >= 4 is 5.69 Å². The number of aryl methyl sites for hydroxylation is 1. The van der Waals surface area contributed by atoms with Gasteiger partial charge in [0.2, 0.25) is 0 Å². The molecule has 0 radical (unpaired) electrons. The predicted molar refractivity (Wildman–Crippen MR) is 71.5 cm³/mol. The van der Waals surface area contributed by atoms with Crippen LogP contribution in [0.1, 0.15) is 25.8 Å². The molecular formula is C14H24N2. The van der Waals surface area contributed by atoms with Crippen LogP contribution in [0.15, 0.2) is 24.3 Å². The van der Waals surface area contributed by atoms with Crippen molar-refractivity contribution in [1.29, 1.82) is 0 Å². The molecule has 1 aromatic carbocycles. The highest BCUT2D eigenvalue weighted by molar-refractivity contribution is 5.46. The van der Waals surface area contributed by atoms with Crippen LogP contribution < -0.4 is 5.73 Å².